The Bertz CT molecular complexity index is 500. The molecule has 0 spiro atoms. The van der Waals surface area contributed by atoms with Gasteiger partial charge in [-0.05, 0) is 38.1 Å². The molecule has 16 heavy (non-hydrogen) atoms. The first-order chi connectivity index (χ1) is 7.83. The largest absolute Gasteiger partial charge is 0.439 e. The Kier molecular flexibility index (Phi) is 2.29. The Morgan fingerprint density at radius 1 is 1.31 bits per heavy atom. The fourth-order valence-electron chi connectivity index (χ4n) is 2.22. The Labute approximate surface area is 94.0 Å². The van der Waals surface area contributed by atoms with Crippen molar-refractivity contribution in [2.45, 2.75) is 19.4 Å². The summed E-state index contributed by atoms with van der Waals surface area (Å²) in [6, 6.07) is 5.65. The van der Waals surface area contributed by atoms with Gasteiger partial charge >= 0.3 is 0 Å². The van der Waals surface area contributed by atoms with Crippen molar-refractivity contribution in [3.63, 3.8) is 0 Å². The molecule has 84 valence electrons. The lowest BCUT2D eigenvalue weighted by Gasteiger charge is -2.10. The molecule has 2 N–H and O–H groups in total. The zero-order valence-electron chi connectivity index (χ0n) is 9.15. The highest BCUT2D eigenvalue weighted by Gasteiger charge is 2.15. The second-order valence-electron chi connectivity index (χ2n) is 4.28. The van der Waals surface area contributed by atoms with E-state index in [4.69, 9.17) is 10.2 Å². The fourth-order valence-corrected chi connectivity index (χ4v) is 2.22. The number of hydrogen-bond donors (Lipinski definition) is 1. The summed E-state index contributed by atoms with van der Waals surface area (Å²) in [5, 5.41) is 0. The molecule has 1 aromatic heterocycles. The van der Waals surface area contributed by atoms with Gasteiger partial charge in [0.25, 0.3) is 0 Å². The molecule has 0 unspecified atom stereocenters. The summed E-state index contributed by atoms with van der Waals surface area (Å²) >= 11 is 0. The SMILES string of the molecule is Nc1cccc2oc(CN3CCCC3)nc12. The number of oxazole rings is 1. The van der Waals surface area contributed by atoms with E-state index in [1.165, 1.54) is 12.8 Å². The summed E-state index contributed by atoms with van der Waals surface area (Å²) in [7, 11) is 0. The number of likely N-dealkylation sites (tertiary alicyclic amines) is 1. The van der Waals surface area contributed by atoms with Crippen LogP contribution in [0.15, 0.2) is 22.6 Å². The van der Waals surface area contributed by atoms with Crippen LogP contribution in [0.2, 0.25) is 0 Å². The van der Waals surface area contributed by atoms with Crippen LogP contribution in [-0.2, 0) is 6.54 Å². The van der Waals surface area contributed by atoms with Crippen LogP contribution in [0.25, 0.3) is 11.1 Å². The summed E-state index contributed by atoms with van der Waals surface area (Å²) in [5.74, 6) is 0.773. The number of anilines is 1. The predicted molar refractivity (Wildman–Crippen MR) is 62.9 cm³/mol. The number of para-hydroxylation sites is 1. The molecule has 0 atom stereocenters. The first-order valence-corrected chi connectivity index (χ1v) is 5.69. The van der Waals surface area contributed by atoms with E-state index in [-0.39, 0.29) is 0 Å². The van der Waals surface area contributed by atoms with Crippen LogP contribution in [0.1, 0.15) is 18.7 Å². The molecule has 1 aliphatic rings. The van der Waals surface area contributed by atoms with Crippen molar-refractivity contribution in [3.8, 4) is 0 Å². The van der Waals surface area contributed by atoms with Gasteiger partial charge in [-0.15, -0.1) is 0 Å². The van der Waals surface area contributed by atoms with E-state index >= 15 is 0 Å². The molecule has 4 heteroatoms. The van der Waals surface area contributed by atoms with Crippen LogP contribution in [-0.4, -0.2) is 23.0 Å². The van der Waals surface area contributed by atoms with Crippen molar-refractivity contribution in [3.05, 3.63) is 24.1 Å². The van der Waals surface area contributed by atoms with Crippen LogP contribution in [0.5, 0.6) is 0 Å². The van der Waals surface area contributed by atoms with Crippen molar-refractivity contribution in [1.29, 1.82) is 0 Å². The molecule has 0 amide bonds. The van der Waals surface area contributed by atoms with Crippen LogP contribution < -0.4 is 5.73 Å². The summed E-state index contributed by atoms with van der Waals surface area (Å²) in [5.41, 5.74) is 8.11. The van der Waals surface area contributed by atoms with Crippen molar-refractivity contribution in [2.24, 2.45) is 0 Å². The number of nitrogens with two attached hydrogens (primary N) is 1. The average Bonchev–Trinajstić information content (AvgIpc) is 2.88. The number of fused-ring (bicyclic) bond motifs is 1. The van der Waals surface area contributed by atoms with Gasteiger partial charge in [0.15, 0.2) is 5.58 Å². The van der Waals surface area contributed by atoms with Gasteiger partial charge in [0, 0.05) is 0 Å². The van der Waals surface area contributed by atoms with Crippen molar-refractivity contribution in [1.82, 2.24) is 9.88 Å². The molecule has 2 aromatic rings. The second-order valence-corrected chi connectivity index (χ2v) is 4.28. The zero-order valence-corrected chi connectivity index (χ0v) is 9.15. The van der Waals surface area contributed by atoms with Gasteiger partial charge in [-0.1, -0.05) is 6.07 Å². The van der Waals surface area contributed by atoms with E-state index in [1.807, 2.05) is 18.2 Å². The molecule has 0 bridgehead atoms. The third kappa shape index (κ3) is 1.65. The quantitative estimate of drug-likeness (QED) is 0.782. The van der Waals surface area contributed by atoms with Gasteiger partial charge in [0.1, 0.15) is 5.52 Å². The summed E-state index contributed by atoms with van der Waals surface area (Å²) < 4.78 is 5.68. The fraction of sp³-hybridized carbons (Fsp3) is 0.417. The van der Waals surface area contributed by atoms with Gasteiger partial charge < -0.3 is 10.2 Å². The van der Waals surface area contributed by atoms with Crippen molar-refractivity contribution in [2.75, 3.05) is 18.8 Å². The molecule has 0 saturated carbocycles. The van der Waals surface area contributed by atoms with Crippen LogP contribution in [0, 0.1) is 0 Å². The molecular weight excluding hydrogens is 202 g/mol. The summed E-state index contributed by atoms with van der Waals surface area (Å²) in [6.07, 6.45) is 2.56. The highest BCUT2D eigenvalue weighted by Crippen LogP contribution is 2.22. The molecule has 3 rings (SSSR count). The van der Waals surface area contributed by atoms with Gasteiger partial charge in [-0.2, -0.15) is 0 Å². The Hall–Kier alpha value is -1.55. The number of aromatic nitrogens is 1. The highest BCUT2D eigenvalue weighted by molar-refractivity contribution is 5.85. The molecule has 2 heterocycles. The molecule has 1 saturated heterocycles. The van der Waals surface area contributed by atoms with E-state index in [9.17, 15) is 0 Å². The number of rotatable bonds is 2. The van der Waals surface area contributed by atoms with Crippen molar-refractivity contribution >= 4 is 16.8 Å². The molecule has 1 aliphatic heterocycles. The Balaban J connectivity index is 1.90. The minimum absolute atomic E-state index is 0.689. The van der Waals surface area contributed by atoms with Crippen LogP contribution in [0.3, 0.4) is 0 Å². The summed E-state index contributed by atoms with van der Waals surface area (Å²) in [4.78, 5) is 6.80. The van der Waals surface area contributed by atoms with Crippen LogP contribution in [0.4, 0.5) is 5.69 Å². The zero-order chi connectivity index (χ0) is 11.0. The standard InChI is InChI=1S/C12H15N3O/c13-9-4-3-5-10-12(9)14-11(16-10)8-15-6-1-2-7-15/h3-5H,1-2,6-8,13H2. The van der Waals surface area contributed by atoms with Crippen molar-refractivity contribution < 1.29 is 4.42 Å². The summed E-state index contributed by atoms with van der Waals surface area (Å²) in [6.45, 7) is 3.09. The normalized spacial score (nSPS) is 17.2. The van der Waals surface area contributed by atoms with Gasteiger partial charge in [-0.3, -0.25) is 4.90 Å². The van der Waals surface area contributed by atoms with E-state index in [1.54, 1.807) is 0 Å². The molecular formula is C12H15N3O. The number of benzene rings is 1. The third-order valence-electron chi connectivity index (χ3n) is 3.05. The maximum absolute atomic E-state index is 5.84. The smallest absolute Gasteiger partial charge is 0.209 e. The number of nitrogen functional groups attached to an aromatic ring is 1. The Morgan fingerprint density at radius 2 is 2.12 bits per heavy atom. The van der Waals surface area contributed by atoms with E-state index in [2.05, 4.69) is 9.88 Å². The second kappa shape index (κ2) is 3.79. The molecule has 0 aliphatic carbocycles. The number of nitrogens with zero attached hydrogens (tertiary/aromatic N) is 2. The lowest BCUT2D eigenvalue weighted by Crippen LogP contribution is -2.18. The van der Waals surface area contributed by atoms with Gasteiger partial charge in [-0.25, -0.2) is 4.98 Å². The topological polar surface area (TPSA) is 55.3 Å². The van der Waals surface area contributed by atoms with Gasteiger partial charge in [0.2, 0.25) is 5.89 Å². The molecule has 1 aromatic carbocycles. The van der Waals surface area contributed by atoms with E-state index in [0.29, 0.717) is 5.69 Å². The molecule has 1 fully saturated rings. The maximum atomic E-state index is 5.84. The third-order valence-corrected chi connectivity index (χ3v) is 3.05. The van der Waals surface area contributed by atoms with E-state index in [0.717, 1.165) is 36.6 Å². The number of hydrogen-bond acceptors (Lipinski definition) is 4. The minimum Gasteiger partial charge on any atom is -0.439 e. The monoisotopic (exact) mass is 217 g/mol. The first kappa shape index (κ1) is 9.66. The lowest BCUT2D eigenvalue weighted by molar-refractivity contribution is 0.295. The van der Waals surface area contributed by atoms with E-state index < -0.39 is 0 Å². The van der Waals surface area contributed by atoms with Crippen LogP contribution >= 0.6 is 0 Å². The average molecular weight is 217 g/mol. The maximum Gasteiger partial charge on any atom is 0.209 e. The highest BCUT2D eigenvalue weighted by atomic mass is 16.3. The first-order valence-electron chi connectivity index (χ1n) is 5.69. The predicted octanol–water partition coefficient (Wildman–Crippen LogP) is 2.01. The molecule has 4 nitrogen and oxygen atoms in total. The lowest BCUT2D eigenvalue weighted by atomic mass is 10.3. The molecule has 0 radical (unpaired) electrons. The van der Waals surface area contributed by atoms with Gasteiger partial charge in [0.05, 0.1) is 12.2 Å². The minimum atomic E-state index is 0.689. The Morgan fingerprint density at radius 3 is 2.88 bits per heavy atom.